The maximum atomic E-state index is 11.0. The lowest BCUT2D eigenvalue weighted by molar-refractivity contribution is 0.0893. The van der Waals surface area contributed by atoms with Crippen LogP contribution in [0.4, 0.5) is 5.82 Å². The molecule has 1 aromatic heterocycles. The van der Waals surface area contributed by atoms with Gasteiger partial charge < -0.3 is 9.42 Å². The lowest BCUT2D eigenvalue weighted by atomic mass is 9.88. The molecule has 8 heteroatoms. The molecule has 2 aliphatic rings. The van der Waals surface area contributed by atoms with Crippen LogP contribution in [0.25, 0.3) is 11.0 Å². The lowest BCUT2D eigenvalue weighted by Gasteiger charge is -2.46. The quantitative estimate of drug-likeness (QED) is 0.551. The zero-order valence-electron chi connectivity index (χ0n) is 15.7. The topological polar surface area (TPSA) is 75.9 Å². The normalized spacial score (nSPS) is 24.3. The van der Waals surface area contributed by atoms with Crippen LogP contribution in [0.15, 0.2) is 28.8 Å². The van der Waals surface area contributed by atoms with Crippen molar-refractivity contribution in [3.8, 4) is 0 Å². The minimum Gasteiger partial charge on any atom is -0.354 e. The number of aromatic nitrogens is 1. The van der Waals surface area contributed by atoms with Crippen molar-refractivity contribution >= 4 is 26.9 Å². The van der Waals surface area contributed by atoms with Crippen LogP contribution in [-0.4, -0.2) is 63.6 Å². The first kappa shape index (κ1) is 18.7. The fourth-order valence-corrected chi connectivity index (χ4v) is 4.79. The minimum atomic E-state index is -3.32. The zero-order chi connectivity index (χ0) is 18.9. The van der Waals surface area contributed by atoms with Crippen molar-refractivity contribution in [2.24, 2.45) is 5.92 Å². The average Bonchev–Trinajstić information content (AvgIpc) is 3.08. The number of hydrogen-bond acceptors (Lipinski definition) is 7. The van der Waals surface area contributed by atoms with E-state index in [0.29, 0.717) is 18.6 Å². The van der Waals surface area contributed by atoms with Crippen LogP contribution in [0.1, 0.15) is 25.7 Å². The van der Waals surface area contributed by atoms with Gasteiger partial charge in [0.1, 0.15) is 0 Å². The lowest BCUT2D eigenvalue weighted by Crippen LogP contribution is -2.56. The SMILES string of the molecule is CS(=O)(=O)OCCC[C@@H]1CC[C@@H]2CN(c3noc4ccccc34)CCN2C1. The predicted molar refractivity (Wildman–Crippen MR) is 104 cm³/mol. The van der Waals surface area contributed by atoms with Crippen LogP contribution in [0, 0.1) is 5.92 Å². The molecule has 0 bridgehead atoms. The Morgan fingerprint density at radius 1 is 1.22 bits per heavy atom. The second-order valence-electron chi connectivity index (χ2n) is 7.71. The number of rotatable bonds is 6. The molecular formula is C19H27N3O4S. The Balaban J connectivity index is 1.30. The predicted octanol–water partition coefficient (Wildman–Crippen LogP) is 2.48. The summed E-state index contributed by atoms with van der Waals surface area (Å²) >= 11 is 0. The molecular weight excluding hydrogens is 366 g/mol. The molecule has 0 unspecified atom stereocenters. The van der Waals surface area contributed by atoms with E-state index in [0.717, 1.165) is 62.1 Å². The molecule has 0 spiro atoms. The third kappa shape index (κ3) is 4.44. The van der Waals surface area contributed by atoms with Gasteiger partial charge in [-0.3, -0.25) is 9.08 Å². The number of nitrogens with zero attached hydrogens (tertiary/aromatic N) is 3. The van der Waals surface area contributed by atoms with Crippen molar-refractivity contribution in [1.29, 1.82) is 0 Å². The Morgan fingerprint density at radius 3 is 2.93 bits per heavy atom. The Kier molecular flexibility index (Phi) is 5.39. The van der Waals surface area contributed by atoms with Gasteiger partial charge >= 0.3 is 0 Å². The summed E-state index contributed by atoms with van der Waals surface area (Å²) in [6.07, 6.45) is 5.29. The molecule has 2 aliphatic heterocycles. The highest BCUT2D eigenvalue weighted by atomic mass is 32.2. The fourth-order valence-electron chi connectivity index (χ4n) is 4.37. The fraction of sp³-hybridized carbons (Fsp3) is 0.632. The van der Waals surface area contributed by atoms with Gasteiger partial charge in [0.25, 0.3) is 10.1 Å². The summed E-state index contributed by atoms with van der Waals surface area (Å²) in [7, 11) is -3.32. The van der Waals surface area contributed by atoms with Crippen molar-refractivity contribution in [2.75, 3.05) is 43.9 Å². The summed E-state index contributed by atoms with van der Waals surface area (Å²) in [6.45, 7) is 4.36. The Labute approximate surface area is 160 Å². The van der Waals surface area contributed by atoms with E-state index in [-0.39, 0.29) is 0 Å². The molecule has 0 aliphatic carbocycles. The number of anilines is 1. The van der Waals surface area contributed by atoms with Gasteiger partial charge in [-0.25, -0.2) is 0 Å². The van der Waals surface area contributed by atoms with Crippen LogP contribution < -0.4 is 4.90 Å². The highest BCUT2D eigenvalue weighted by Gasteiger charge is 2.34. The maximum Gasteiger partial charge on any atom is 0.264 e. The molecule has 2 aromatic rings. The third-order valence-electron chi connectivity index (χ3n) is 5.72. The zero-order valence-corrected chi connectivity index (χ0v) is 16.5. The molecule has 3 heterocycles. The highest BCUT2D eigenvalue weighted by molar-refractivity contribution is 7.85. The standard InChI is InChI=1S/C19H27N3O4S/c1-27(23,24)25-12-4-5-15-8-9-16-14-22(11-10-21(16)13-15)19-17-6-2-3-7-18(17)26-20-19/h2-3,6-7,15-16H,4-5,8-14H2,1H3/t15-,16-/m1/s1. The molecule has 4 rings (SSSR count). The molecule has 1 aromatic carbocycles. The van der Waals surface area contributed by atoms with Gasteiger partial charge in [-0.05, 0) is 43.7 Å². The highest BCUT2D eigenvalue weighted by Crippen LogP contribution is 2.32. The largest absolute Gasteiger partial charge is 0.354 e. The number of fused-ring (bicyclic) bond motifs is 2. The van der Waals surface area contributed by atoms with E-state index in [2.05, 4.69) is 21.0 Å². The number of para-hydroxylation sites is 1. The summed E-state index contributed by atoms with van der Waals surface area (Å²) in [5.74, 6) is 1.59. The molecule has 0 N–H and O–H groups in total. The van der Waals surface area contributed by atoms with Crippen molar-refractivity contribution in [3.05, 3.63) is 24.3 Å². The van der Waals surface area contributed by atoms with Gasteiger partial charge in [0.2, 0.25) is 0 Å². The minimum absolute atomic E-state index is 0.297. The van der Waals surface area contributed by atoms with Gasteiger partial charge in [-0.1, -0.05) is 17.3 Å². The summed E-state index contributed by atoms with van der Waals surface area (Å²) < 4.78 is 32.4. The Bertz CT molecular complexity index is 882. The summed E-state index contributed by atoms with van der Waals surface area (Å²) in [5.41, 5.74) is 0.843. The Morgan fingerprint density at radius 2 is 2.07 bits per heavy atom. The maximum absolute atomic E-state index is 11.0. The molecule has 27 heavy (non-hydrogen) atoms. The van der Waals surface area contributed by atoms with Gasteiger partial charge in [-0.15, -0.1) is 0 Å². The average molecular weight is 394 g/mol. The molecule has 2 atom stereocenters. The first-order valence-corrected chi connectivity index (χ1v) is 11.5. The summed E-state index contributed by atoms with van der Waals surface area (Å²) in [6, 6.07) is 8.58. The van der Waals surface area contributed by atoms with Crippen LogP contribution >= 0.6 is 0 Å². The van der Waals surface area contributed by atoms with Gasteiger partial charge in [-0.2, -0.15) is 8.42 Å². The number of hydrogen-bond donors (Lipinski definition) is 0. The first-order chi connectivity index (χ1) is 13.0. The van der Waals surface area contributed by atoms with Crippen molar-refractivity contribution in [3.63, 3.8) is 0 Å². The van der Waals surface area contributed by atoms with Crippen LogP contribution in [0.2, 0.25) is 0 Å². The van der Waals surface area contributed by atoms with Gasteiger partial charge in [0.05, 0.1) is 18.2 Å². The van der Waals surface area contributed by atoms with E-state index < -0.39 is 10.1 Å². The summed E-state index contributed by atoms with van der Waals surface area (Å²) in [4.78, 5) is 4.94. The molecule has 0 amide bonds. The van der Waals surface area contributed by atoms with Gasteiger partial charge in [0.15, 0.2) is 11.4 Å². The van der Waals surface area contributed by atoms with E-state index >= 15 is 0 Å². The van der Waals surface area contributed by atoms with E-state index in [1.165, 1.54) is 12.8 Å². The van der Waals surface area contributed by atoms with E-state index in [4.69, 9.17) is 8.71 Å². The number of piperidine rings is 1. The van der Waals surface area contributed by atoms with Crippen LogP contribution in [0.5, 0.6) is 0 Å². The number of benzene rings is 1. The van der Waals surface area contributed by atoms with E-state index in [1.54, 1.807) is 0 Å². The van der Waals surface area contributed by atoms with Crippen LogP contribution in [-0.2, 0) is 14.3 Å². The van der Waals surface area contributed by atoms with E-state index in [1.807, 2.05) is 18.2 Å². The second kappa shape index (κ2) is 7.77. The van der Waals surface area contributed by atoms with Crippen molar-refractivity contribution in [1.82, 2.24) is 10.1 Å². The van der Waals surface area contributed by atoms with Crippen molar-refractivity contribution in [2.45, 2.75) is 31.7 Å². The molecule has 148 valence electrons. The monoisotopic (exact) mass is 393 g/mol. The van der Waals surface area contributed by atoms with E-state index in [9.17, 15) is 8.42 Å². The molecule has 2 fully saturated rings. The smallest absolute Gasteiger partial charge is 0.264 e. The molecule has 2 saturated heterocycles. The Hall–Kier alpha value is -1.64. The summed E-state index contributed by atoms with van der Waals surface area (Å²) in [5, 5.41) is 5.40. The third-order valence-corrected chi connectivity index (χ3v) is 6.31. The number of piperazine rings is 1. The first-order valence-electron chi connectivity index (χ1n) is 9.67. The van der Waals surface area contributed by atoms with Crippen molar-refractivity contribution < 1.29 is 17.1 Å². The van der Waals surface area contributed by atoms with Gasteiger partial charge in [0, 0.05) is 32.2 Å². The van der Waals surface area contributed by atoms with Crippen LogP contribution in [0.3, 0.4) is 0 Å². The second-order valence-corrected chi connectivity index (χ2v) is 9.35. The molecule has 0 saturated carbocycles. The molecule has 7 nitrogen and oxygen atoms in total. The molecule has 0 radical (unpaired) electrons.